The zero-order valence-corrected chi connectivity index (χ0v) is 12.8. The molecule has 1 saturated carbocycles. The third kappa shape index (κ3) is 2.12. The van der Waals surface area contributed by atoms with E-state index in [0.717, 1.165) is 42.5 Å². The molecule has 0 radical (unpaired) electrons. The number of nitrogens with zero attached hydrogens (tertiary/aromatic N) is 1. The van der Waals surface area contributed by atoms with Gasteiger partial charge in [-0.25, -0.2) is 4.39 Å². The van der Waals surface area contributed by atoms with Crippen LogP contribution in [0.15, 0.2) is 47.6 Å². The second-order valence-electron chi connectivity index (χ2n) is 6.46. The van der Waals surface area contributed by atoms with Gasteiger partial charge in [0.15, 0.2) is 5.84 Å². The van der Waals surface area contributed by atoms with E-state index in [9.17, 15) is 9.60 Å². The number of benzene rings is 2. The van der Waals surface area contributed by atoms with Crippen LogP contribution >= 0.6 is 0 Å². The van der Waals surface area contributed by atoms with Crippen LogP contribution in [0, 0.1) is 5.82 Å². The summed E-state index contributed by atoms with van der Waals surface area (Å²) in [6.45, 7) is 0. The molecule has 4 rings (SSSR count). The Morgan fingerprint density at radius 3 is 2.57 bits per heavy atom. The van der Waals surface area contributed by atoms with Crippen LogP contribution in [0.2, 0.25) is 0 Å². The molecule has 1 heterocycles. The Morgan fingerprint density at radius 1 is 1.04 bits per heavy atom. The van der Waals surface area contributed by atoms with Crippen LogP contribution in [0.25, 0.3) is 11.1 Å². The van der Waals surface area contributed by atoms with Gasteiger partial charge in [0.1, 0.15) is 5.82 Å². The van der Waals surface area contributed by atoms with Crippen molar-refractivity contribution in [1.82, 2.24) is 0 Å². The van der Waals surface area contributed by atoms with E-state index in [2.05, 4.69) is 16.5 Å². The lowest BCUT2D eigenvalue weighted by Crippen LogP contribution is -2.36. The Hall–Kier alpha value is -2.36. The normalized spacial score (nSPS) is 20.5. The highest BCUT2D eigenvalue weighted by molar-refractivity contribution is 6.10. The van der Waals surface area contributed by atoms with Gasteiger partial charge in [0.2, 0.25) is 0 Å². The summed E-state index contributed by atoms with van der Waals surface area (Å²) in [5, 5.41) is 16.2. The van der Waals surface area contributed by atoms with Gasteiger partial charge >= 0.3 is 0 Å². The third-order valence-electron chi connectivity index (χ3n) is 5.23. The van der Waals surface area contributed by atoms with E-state index in [0.29, 0.717) is 11.4 Å². The first kappa shape index (κ1) is 14.2. The van der Waals surface area contributed by atoms with E-state index >= 15 is 0 Å². The first-order chi connectivity index (χ1) is 11.2. The number of halogens is 1. The van der Waals surface area contributed by atoms with Crippen molar-refractivity contribution in [2.75, 3.05) is 5.32 Å². The monoisotopic (exact) mass is 310 g/mol. The molecule has 0 unspecified atom stereocenters. The smallest absolute Gasteiger partial charge is 0.156 e. The van der Waals surface area contributed by atoms with Gasteiger partial charge in [0.05, 0.1) is 5.41 Å². The molecular formula is C19H19FN2O. The third-order valence-corrected chi connectivity index (χ3v) is 5.23. The zero-order valence-electron chi connectivity index (χ0n) is 12.8. The van der Waals surface area contributed by atoms with Gasteiger partial charge in [0, 0.05) is 11.3 Å². The van der Waals surface area contributed by atoms with Crippen molar-refractivity contribution >= 4 is 11.5 Å². The van der Waals surface area contributed by atoms with Crippen LogP contribution in [-0.2, 0) is 5.41 Å². The highest BCUT2D eigenvalue weighted by Gasteiger charge is 2.45. The first-order valence-corrected chi connectivity index (χ1v) is 8.14. The van der Waals surface area contributed by atoms with Gasteiger partial charge in [-0.15, -0.1) is 0 Å². The molecule has 1 aliphatic carbocycles. The first-order valence-electron chi connectivity index (χ1n) is 8.14. The number of rotatable bonds is 1. The molecule has 4 heteroatoms. The number of amidine groups is 1. The molecule has 0 saturated heterocycles. The molecular weight excluding hydrogens is 291 g/mol. The van der Waals surface area contributed by atoms with Gasteiger partial charge in [-0.2, -0.15) is 0 Å². The average Bonchev–Trinajstić information content (AvgIpc) is 2.89. The van der Waals surface area contributed by atoms with E-state index in [1.165, 1.54) is 12.5 Å². The van der Waals surface area contributed by atoms with Crippen LogP contribution in [0.4, 0.5) is 10.1 Å². The number of hydrogen-bond acceptors (Lipinski definition) is 2. The molecule has 1 spiro atoms. The van der Waals surface area contributed by atoms with E-state index in [-0.39, 0.29) is 11.2 Å². The van der Waals surface area contributed by atoms with Crippen molar-refractivity contribution in [2.45, 2.75) is 37.5 Å². The Balaban J connectivity index is 1.86. The minimum absolute atomic E-state index is 0.216. The maximum Gasteiger partial charge on any atom is 0.156 e. The number of anilines is 1. The summed E-state index contributed by atoms with van der Waals surface area (Å²) in [5.41, 5.74) is 3.33. The quantitative estimate of drug-likeness (QED) is 0.581. The fourth-order valence-electron chi connectivity index (χ4n) is 4.07. The van der Waals surface area contributed by atoms with Crippen LogP contribution < -0.4 is 5.32 Å². The van der Waals surface area contributed by atoms with Gasteiger partial charge in [-0.05, 0) is 42.2 Å². The highest BCUT2D eigenvalue weighted by Crippen LogP contribution is 2.49. The Kier molecular flexibility index (Phi) is 3.33. The van der Waals surface area contributed by atoms with Gasteiger partial charge in [-0.3, -0.25) is 0 Å². The van der Waals surface area contributed by atoms with Gasteiger partial charge in [0.25, 0.3) is 0 Å². The largest absolute Gasteiger partial charge is 0.409 e. The van der Waals surface area contributed by atoms with Gasteiger partial charge in [-0.1, -0.05) is 48.7 Å². The fourth-order valence-corrected chi connectivity index (χ4v) is 4.07. The molecule has 0 amide bonds. The van der Waals surface area contributed by atoms with Crippen LogP contribution in [0.1, 0.15) is 37.7 Å². The second-order valence-corrected chi connectivity index (χ2v) is 6.46. The minimum Gasteiger partial charge on any atom is -0.409 e. The van der Waals surface area contributed by atoms with E-state index in [1.807, 2.05) is 18.2 Å². The zero-order chi connectivity index (χ0) is 15.9. The van der Waals surface area contributed by atoms with Crippen LogP contribution in [0.3, 0.4) is 0 Å². The topological polar surface area (TPSA) is 44.6 Å². The van der Waals surface area contributed by atoms with Crippen LogP contribution in [-0.4, -0.2) is 11.0 Å². The molecule has 2 aliphatic rings. The van der Waals surface area contributed by atoms with Crippen LogP contribution in [0.5, 0.6) is 0 Å². The summed E-state index contributed by atoms with van der Waals surface area (Å²) in [7, 11) is 0. The lowest BCUT2D eigenvalue weighted by Gasteiger charge is -2.33. The van der Waals surface area contributed by atoms with E-state index < -0.39 is 0 Å². The Morgan fingerprint density at radius 2 is 1.83 bits per heavy atom. The molecule has 118 valence electrons. The summed E-state index contributed by atoms with van der Waals surface area (Å²) in [4.78, 5) is 0. The summed E-state index contributed by atoms with van der Waals surface area (Å²) in [6, 6.07) is 12.8. The molecule has 0 atom stereocenters. The second kappa shape index (κ2) is 5.37. The minimum atomic E-state index is -0.246. The molecule has 1 aliphatic heterocycles. The average molecular weight is 310 g/mol. The summed E-state index contributed by atoms with van der Waals surface area (Å²) in [5.74, 6) is 0.421. The van der Waals surface area contributed by atoms with Crippen molar-refractivity contribution in [3.8, 4) is 11.1 Å². The standard InChI is InChI=1S/C19H19FN2O/c20-16-7-3-2-6-14(16)13-8-9-17-15(12-13)19(18(21-17)22-23)10-4-1-5-11-19/h2-3,6-9,12,23H,1,4-5,10-11H2,(H,21,22). The van der Waals surface area contributed by atoms with Gasteiger partial charge < -0.3 is 10.5 Å². The van der Waals surface area contributed by atoms with Crippen molar-refractivity contribution in [1.29, 1.82) is 0 Å². The molecule has 2 N–H and O–H groups in total. The van der Waals surface area contributed by atoms with Crippen molar-refractivity contribution in [2.24, 2.45) is 5.16 Å². The van der Waals surface area contributed by atoms with Crippen molar-refractivity contribution in [3.05, 3.63) is 53.8 Å². The lowest BCUT2D eigenvalue weighted by molar-refractivity contribution is 0.304. The molecule has 1 fully saturated rings. The lowest BCUT2D eigenvalue weighted by atomic mass is 9.69. The molecule has 0 aromatic heterocycles. The highest BCUT2D eigenvalue weighted by atomic mass is 19.1. The van der Waals surface area contributed by atoms with E-state index in [1.54, 1.807) is 12.1 Å². The summed E-state index contributed by atoms with van der Waals surface area (Å²) >= 11 is 0. The Labute approximate surface area is 134 Å². The fraction of sp³-hybridized carbons (Fsp3) is 0.316. The van der Waals surface area contributed by atoms with Crippen molar-refractivity contribution in [3.63, 3.8) is 0 Å². The maximum absolute atomic E-state index is 14.1. The number of nitrogens with one attached hydrogen (secondary N) is 1. The number of oxime groups is 1. The number of fused-ring (bicyclic) bond motifs is 2. The Bertz CT molecular complexity index is 779. The maximum atomic E-state index is 14.1. The molecule has 2 aromatic carbocycles. The molecule has 3 nitrogen and oxygen atoms in total. The van der Waals surface area contributed by atoms with E-state index in [4.69, 9.17) is 0 Å². The predicted molar refractivity (Wildman–Crippen MR) is 89.4 cm³/mol. The molecule has 0 bridgehead atoms. The summed E-state index contributed by atoms with van der Waals surface area (Å²) < 4.78 is 14.1. The predicted octanol–water partition coefficient (Wildman–Crippen LogP) is 4.91. The summed E-state index contributed by atoms with van der Waals surface area (Å²) in [6.07, 6.45) is 5.37. The molecule has 23 heavy (non-hydrogen) atoms. The molecule has 2 aromatic rings. The SMILES string of the molecule is O/N=C1\Nc2ccc(-c3ccccc3F)cc2C12CCCCC2. The van der Waals surface area contributed by atoms with Crippen molar-refractivity contribution < 1.29 is 9.60 Å². The number of hydrogen-bond donors (Lipinski definition) is 2.